The van der Waals surface area contributed by atoms with Crippen molar-refractivity contribution in [2.45, 2.75) is 38.5 Å². The second kappa shape index (κ2) is 11.7. The lowest BCUT2D eigenvalue weighted by Gasteiger charge is -1.96. The monoisotopic (exact) mass is 296 g/mol. The summed E-state index contributed by atoms with van der Waals surface area (Å²) in [6.07, 6.45) is 12.5. The number of hydrogen-bond donors (Lipinski definition) is 0. The molecular formula is C10H18Br2. The smallest absolute Gasteiger partial charge is 0.0212 e. The Labute approximate surface area is 93.1 Å². The summed E-state index contributed by atoms with van der Waals surface area (Å²) in [5.74, 6) is 0. The van der Waals surface area contributed by atoms with Gasteiger partial charge < -0.3 is 0 Å². The van der Waals surface area contributed by atoms with Crippen LogP contribution in [0, 0.1) is 0 Å². The first-order valence-corrected chi connectivity index (χ1v) is 6.93. The molecule has 0 heterocycles. The van der Waals surface area contributed by atoms with Gasteiger partial charge in [0.15, 0.2) is 0 Å². The molecule has 0 saturated carbocycles. The maximum absolute atomic E-state index is 3.44. The fourth-order valence-electron chi connectivity index (χ4n) is 1.07. The van der Waals surface area contributed by atoms with E-state index in [1.807, 2.05) is 0 Å². The zero-order valence-electron chi connectivity index (χ0n) is 7.57. The summed E-state index contributed by atoms with van der Waals surface area (Å²) >= 11 is 6.80. The minimum atomic E-state index is 0.997. The van der Waals surface area contributed by atoms with E-state index >= 15 is 0 Å². The second-order valence-corrected chi connectivity index (χ2v) is 4.31. The molecule has 0 aliphatic carbocycles. The largest absolute Gasteiger partial charge is 0.0928 e. The molecule has 0 atom stereocenters. The third-order valence-electron chi connectivity index (χ3n) is 1.76. The Morgan fingerprint density at radius 3 is 2.08 bits per heavy atom. The highest BCUT2D eigenvalue weighted by Gasteiger charge is 1.87. The molecule has 0 amide bonds. The van der Waals surface area contributed by atoms with Crippen LogP contribution in [0.3, 0.4) is 0 Å². The van der Waals surface area contributed by atoms with Gasteiger partial charge in [-0.15, -0.1) is 0 Å². The van der Waals surface area contributed by atoms with E-state index in [1.165, 1.54) is 38.5 Å². The standard InChI is InChI=1S/C10H18Br2/c11-9-7-5-3-1-2-4-6-8-10-12/h5,7H,1-4,6,8-10H2. The highest BCUT2D eigenvalue weighted by Crippen LogP contribution is 2.06. The molecule has 0 aromatic heterocycles. The van der Waals surface area contributed by atoms with Crippen LogP contribution >= 0.6 is 31.9 Å². The highest BCUT2D eigenvalue weighted by atomic mass is 79.9. The van der Waals surface area contributed by atoms with Crippen molar-refractivity contribution in [3.63, 3.8) is 0 Å². The van der Waals surface area contributed by atoms with Crippen LogP contribution < -0.4 is 0 Å². The molecule has 0 unspecified atom stereocenters. The van der Waals surface area contributed by atoms with Gasteiger partial charge >= 0.3 is 0 Å². The Morgan fingerprint density at radius 2 is 1.42 bits per heavy atom. The Morgan fingerprint density at radius 1 is 0.750 bits per heavy atom. The van der Waals surface area contributed by atoms with Gasteiger partial charge in [-0.1, -0.05) is 63.3 Å². The van der Waals surface area contributed by atoms with Gasteiger partial charge in [-0.3, -0.25) is 0 Å². The van der Waals surface area contributed by atoms with Crippen molar-refractivity contribution in [2.75, 3.05) is 10.7 Å². The molecule has 0 fully saturated rings. The van der Waals surface area contributed by atoms with Crippen molar-refractivity contribution < 1.29 is 0 Å². The zero-order chi connectivity index (χ0) is 9.07. The van der Waals surface area contributed by atoms with Gasteiger partial charge in [0, 0.05) is 10.7 Å². The molecular weight excluding hydrogens is 280 g/mol. The van der Waals surface area contributed by atoms with Gasteiger partial charge in [-0.2, -0.15) is 0 Å². The summed E-state index contributed by atoms with van der Waals surface area (Å²) in [7, 11) is 0. The second-order valence-electron chi connectivity index (χ2n) is 2.87. The SMILES string of the molecule is BrCC=CCCCCCCCBr. The molecule has 0 aliphatic rings. The van der Waals surface area contributed by atoms with Crippen LogP contribution in [-0.4, -0.2) is 10.7 Å². The van der Waals surface area contributed by atoms with Crippen LogP contribution in [0.25, 0.3) is 0 Å². The summed E-state index contributed by atoms with van der Waals surface area (Å²) in [5.41, 5.74) is 0. The van der Waals surface area contributed by atoms with Crippen LogP contribution in [0.5, 0.6) is 0 Å². The molecule has 0 spiro atoms. The van der Waals surface area contributed by atoms with Crippen LogP contribution in [0.1, 0.15) is 38.5 Å². The van der Waals surface area contributed by atoms with Crippen molar-refractivity contribution in [1.82, 2.24) is 0 Å². The molecule has 2 heteroatoms. The van der Waals surface area contributed by atoms with Gasteiger partial charge in [-0.05, 0) is 19.3 Å². The summed E-state index contributed by atoms with van der Waals surface area (Å²) in [6.45, 7) is 0. The van der Waals surface area contributed by atoms with Crippen molar-refractivity contribution in [3.8, 4) is 0 Å². The Kier molecular flexibility index (Phi) is 12.4. The van der Waals surface area contributed by atoms with Gasteiger partial charge in [0.25, 0.3) is 0 Å². The first kappa shape index (κ1) is 12.7. The molecule has 12 heavy (non-hydrogen) atoms. The number of rotatable bonds is 8. The van der Waals surface area contributed by atoms with E-state index in [-0.39, 0.29) is 0 Å². The Hall–Kier alpha value is 0.700. The Balaban J connectivity index is 2.86. The molecule has 0 saturated heterocycles. The lowest BCUT2D eigenvalue weighted by atomic mass is 10.1. The number of alkyl halides is 2. The minimum Gasteiger partial charge on any atom is -0.0928 e. The number of halogens is 2. The lowest BCUT2D eigenvalue weighted by molar-refractivity contribution is 0.641. The average Bonchev–Trinajstić information content (AvgIpc) is 2.10. The highest BCUT2D eigenvalue weighted by molar-refractivity contribution is 9.09. The van der Waals surface area contributed by atoms with Crippen LogP contribution in [-0.2, 0) is 0 Å². The average molecular weight is 298 g/mol. The molecule has 72 valence electrons. The van der Waals surface area contributed by atoms with Crippen LogP contribution in [0.4, 0.5) is 0 Å². The third-order valence-corrected chi connectivity index (χ3v) is 2.69. The maximum Gasteiger partial charge on any atom is 0.0212 e. The lowest BCUT2D eigenvalue weighted by Crippen LogP contribution is -1.79. The van der Waals surface area contributed by atoms with E-state index in [1.54, 1.807) is 0 Å². The predicted molar refractivity (Wildman–Crippen MR) is 64.4 cm³/mol. The van der Waals surface area contributed by atoms with E-state index < -0.39 is 0 Å². The van der Waals surface area contributed by atoms with Gasteiger partial charge in [0.2, 0.25) is 0 Å². The maximum atomic E-state index is 3.44. The summed E-state index contributed by atoms with van der Waals surface area (Å²) in [6, 6.07) is 0. The van der Waals surface area contributed by atoms with Crippen molar-refractivity contribution >= 4 is 31.9 Å². The predicted octanol–water partition coefficient (Wildman–Crippen LogP) is 4.67. The van der Waals surface area contributed by atoms with Gasteiger partial charge in [-0.25, -0.2) is 0 Å². The topological polar surface area (TPSA) is 0 Å². The zero-order valence-corrected chi connectivity index (χ0v) is 10.7. The van der Waals surface area contributed by atoms with Gasteiger partial charge in [0.05, 0.1) is 0 Å². The van der Waals surface area contributed by atoms with E-state index in [2.05, 4.69) is 44.0 Å². The minimum absolute atomic E-state index is 0.997. The molecule has 0 aromatic rings. The van der Waals surface area contributed by atoms with Crippen molar-refractivity contribution in [1.29, 1.82) is 0 Å². The van der Waals surface area contributed by atoms with Gasteiger partial charge in [0.1, 0.15) is 0 Å². The molecule has 0 nitrogen and oxygen atoms in total. The molecule has 0 aliphatic heterocycles. The van der Waals surface area contributed by atoms with E-state index in [9.17, 15) is 0 Å². The number of hydrogen-bond acceptors (Lipinski definition) is 0. The quantitative estimate of drug-likeness (QED) is 0.347. The summed E-state index contributed by atoms with van der Waals surface area (Å²) in [4.78, 5) is 0. The third kappa shape index (κ3) is 10.7. The molecule has 0 aromatic carbocycles. The van der Waals surface area contributed by atoms with E-state index in [0.29, 0.717) is 0 Å². The van der Waals surface area contributed by atoms with Crippen LogP contribution in [0.15, 0.2) is 12.2 Å². The normalized spacial score (nSPS) is 11.2. The van der Waals surface area contributed by atoms with E-state index in [4.69, 9.17) is 0 Å². The molecule has 0 N–H and O–H groups in total. The number of unbranched alkanes of at least 4 members (excludes halogenated alkanes) is 5. The fraction of sp³-hybridized carbons (Fsp3) is 0.800. The van der Waals surface area contributed by atoms with Crippen molar-refractivity contribution in [2.24, 2.45) is 0 Å². The van der Waals surface area contributed by atoms with Crippen molar-refractivity contribution in [3.05, 3.63) is 12.2 Å². The molecule has 0 bridgehead atoms. The summed E-state index contributed by atoms with van der Waals surface area (Å²) in [5, 5.41) is 2.16. The molecule has 0 rings (SSSR count). The number of allylic oxidation sites excluding steroid dienone is 2. The first-order chi connectivity index (χ1) is 5.91. The summed E-state index contributed by atoms with van der Waals surface area (Å²) < 4.78 is 0. The van der Waals surface area contributed by atoms with E-state index in [0.717, 1.165) is 10.7 Å². The Bertz CT molecular complexity index is 100. The molecule has 0 radical (unpaired) electrons. The van der Waals surface area contributed by atoms with Crippen LogP contribution in [0.2, 0.25) is 0 Å². The fourth-order valence-corrected chi connectivity index (χ4v) is 1.73. The first-order valence-electron chi connectivity index (χ1n) is 4.68.